The molecule has 25 heavy (non-hydrogen) atoms. The van der Waals surface area contributed by atoms with Gasteiger partial charge in [-0.05, 0) is 49.2 Å². The van der Waals surface area contributed by atoms with E-state index in [1.54, 1.807) is 18.2 Å². The lowest BCUT2D eigenvalue weighted by atomic mass is 10.1. The molecule has 1 fully saturated rings. The molecule has 2 aromatic rings. The molecule has 1 aliphatic heterocycles. The SMILES string of the molecule is Cc1cccc(NC(=O)c2cccc(N3C(=O)CCS3(=O)=O)c2)c1C. The summed E-state index contributed by atoms with van der Waals surface area (Å²) in [6.07, 6.45) is -0.0404. The van der Waals surface area contributed by atoms with Crippen LogP contribution in [0, 0.1) is 13.8 Å². The van der Waals surface area contributed by atoms with Gasteiger partial charge in [0.05, 0.1) is 11.4 Å². The molecule has 0 aliphatic carbocycles. The van der Waals surface area contributed by atoms with Gasteiger partial charge >= 0.3 is 0 Å². The zero-order valence-corrected chi connectivity index (χ0v) is 14.8. The van der Waals surface area contributed by atoms with Gasteiger partial charge in [0.1, 0.15) is 0 Å². The van der Waals surface area contributed by atoms with Gasteiger partial charge < -0.3 is 5.32 Å². The van der Waals surface area contributed by atoms with Crippen molar-refractivity contribution >= 4 is 33.2 Å². The van der Waals surface area contributed by atoms with E-state index in [2.05, 4.69) is 5.32 Å². The molecular weight excluding hydrogens is 340 g/mol. The summed E-state index contributed by atoms with van der Waals surface area (Å²) >= 11 is 0. The first-order chi connectivity index (χ1) is 11.8. The molecule has 0 saturated carbocycles. The highest BCUT2D eigenvalue weighted by molar-refractivity contribution is 7.94. The van der Waals surface area contributed by atoms with E-state index < -0.39 is 15.9 Å². The highest BCUT2D eigenvalue weighted by Gasteiger charge is 2.36. The van der Waals surface area contributed by atoms with Crippen molar-refractivity contribution in [3.8, 4) is 0 Å². The van der Waals surface area contributed by atoms with Crippen LogP contribution in [0.25, 0.3) is 0 Å². The van der Waals surface area contributed by atoms with E-state index in [1.165, 1.54) is 12.1 Å². The molecule has 0 unspecified atom stereocenters. The van der Waals surface area contributed by atoms with Crippen LogP contribution in [-0.2, 0) is 14.8 Å². The first-order valence-electron chi connectivity index (χ1n) is 7.83. The van der Waals surface area contributed by atoms with Crippen molar-refractivity contribution in [1.29, 1.82) is 0 Å². The molecule has 1 N–H and O–H groups in total. The topological polar surface area (TPSA) is 83.6 Å². The lowest BCUT2D eigenvalue weighted by molar-refractivity contribution is -0.116. The number of hydrogen-bond donors (Lipinski definition) is 1. The predicted molar refractivity (Wildman–Crippen MR) is 96.2 cm³/mol. The number of amides is 2. The molecule has 0 bridgehead atoms. The molecule has 0 atom stereocenters. The second-order valence-corrected chi connectivity index (χ2v) is 7.91. The molecule has 2 aromatic carbocycles. The van der Waals surface area contributed by atoms with E-state index in [0.717, 1.165) is 15.4 Å². The van der Waals surface area contributed by atoms with Gasteiger partial charge in [0.15, 0.2) is 0 Å². The number of anilines is 2. The minimum absolute atomic E-state index is 0.0404. The summed E-state index contributed by atoms with van der Waals surface area (Å²) in [5, 5.41) is 2.83. The smallest absolute Gasteiger partial charge is 0.255 e. The van der Waals surface area contributed by atoms with Crippen molar-refractivity contribution in [2.45, 2.75) is 20.3 Å². The second-order valence-electron chi connectivity index (χ2n) is 5.98. The fourth-order valence-electron chi connectivity index (χ4n) is 2.72. The van der Waals surface area contributed by atoms with E-state index in [-0.39, 0.29) is 29.3 Å². The quantitative estimate of drug-likeness (QED) is 0.914. The molecule has 7 heteroatoms. The predicted octanol–water partition coefficient (Wildman–Crippen LogP) is 2.62. The van der Waals surface area contributed by atoms with E-state index in [0.29, 0.717) is 5.69 Å². The maximum atomic E-state index is 12.5. The summed E-state index contributed by atoms with van der Waals surface area (Å²) in [5.74, 6) is -1.04. The summed E-state index contributed by atoms with van der Waals surface area (Å²) in [4.78, 5) is 24.4. The van der Waals surface area contributed by atoms with Crippen molar-refractivity contribution in [1.82, 2.24) is 0 Å². The minimum Gasteiger partial charge on any atom is -0.322 e. The number of rotatable bonds is 3. The summed E-state index contributed by atoms with van der Waals surface area (Å²) < 4.78 is 24.8. The molecule has 6 nitrogen and oxygen atoms in total. The molecular formula is C18H18N2O4S. The Labute approximate surface area is 146 Å². The summed E-state index contributed by atoms with van der Waals surface area (Å²) in [6, 6.07) is 11.7. The Hall–Kier alpha value is -2.67. The zero-order valence-electron chi connectivity index (χ0n) is 13.9. The highest BCUT2D eigenvalue weighted by Crippen LogP contribution is 2.26. The van der Waals surface area contributed by atoms with Crippen molar-refractivity contribution in [3.63, 3.8) is 0 Å². The fraction of sp³-hybridized carbons (Fsp3) is 0.222. The molecule has 130 valence electrons. The second kappa shape index (κ2) is 6.33. The van der Waals surface area contributed by atoms with Crippen molar-refractivity contribution in [2.24, 2.45) is 0 Å². The van der Waals surface area contributed by atoms with Crippen LogP contribution in [0.3, 0.4) is 0 Å². The average Bonchev–Trinajstić information content (AvgIpc) is 2.85. The monoisotopic (exact) mass is 358 g/mol. The number of sulfonamides is 1. The fourth-order valence-corrected chi connectivity index (χ4v) is 4.17. The lowest BCUT2D eigenvalue weighted by Gasteiger charge is -2.16. The first-order valence-corrected chi connectivity index (χ1v) is 9.44. The number of hydrogen-bond acceptors (Lipinski definition) is 4. The normalized spacial score (nSPS) is 16.1. The summed E-state index contributed by atoms with van der Waals surface area (Å²) in [6.45, 7) is 3.87. The third kappa shape index (κ3) is 3.28. The largest absolute Gasteiger partial charge is 0.322 e. The van der Waals surface area contributed by atoms with Crippen LogP contribution in [-0.4, -0.2) is 26.0 Å². The average molecular weight is 358 g/mol. The maximum Gasteiger partial charge on any atom is 0.255 e. The van der Waals surface area contributed by atoms with Crippen LogP contribution in [0.4, 0.5) is 11.4 Å². The Bertz CT molecular complexity index is 967. The number of nitrogens with one attached hydrogen (secondary N) is 1. The van der Waals surface area contributed by atoms with E-state index >= 15 is 0 Å². The Morgan fingerprint density at radius 2 is 1.84 bits per heavy atom. The van der Waals surface area contributed by atoms with Crippen LogP contribution in [0.5, 0.6) is 0 Å². The van der Waals surface area contributed by atoms with Gasteiger partial charge in [0.2, 0.25) is 15.9 Å². The lowest BCUT2D eigenvalue weighted by Crippen LogP contribution is -2.29. The Kier molecular flexibility index (Phi) is 4.34. The molecule has 1 heterocycles. The number of aryl methyl sites for hydroxylation is 1. The van der Waals surface area contributed by atoms with Gasteiger partial charge in [-0.1, -0.05) is 18.2 Å². The number of carbonyl (C=O) groups is 2. The molecule has 0 radical (unpaired) electrons. The van der Waals surface area contributed by atoms with Crippen molar-refractivity contribution in [2.75, 3.05) is 15.4 Å². The van der Waals surface area contributed by atoms with Gasteiger partial charge in [-0.3, -0.25) is 9.59 Å². The maximum absolute atomic E-state index is 12.5. The third-order valence-corrected chi connectivity index (χ3v) is 5.97. The van der Waals surface area contributed by atoms with Gasteiger partial charge in [0.25, 0.3) is 5.91 Å². The van der Waals surface area contributed by atoms with E-state index in [1.807, 2.05) is 26.0 Å². The highest BCUT2D eigenvalue weighted by atomic mass is 32.2. The Morgan fingerprint density at radius 3 is 2.52 bits per heavy atom. The third-order valence-electron chi connectivity index (χ3n) is 4.27. The van der Waals surface area contributed by atoms with Gasteiger partial charge in [-0.15, -0.1) is 0 Å². The summed E-state index contributed by atoms with van der Waals surface area (Å²) in [7, 11) is -3.65. The molecule has 2 amide bonds. The van der Waals surface area contributed by atoms with Crippen LogP contribution < -0.4 is 9.62 Å². The standard InChI is InChI=1S/C18H18N2O4S/c1-12-5-3-8-16(13(12)2)19-18(22)14-6-4-7-15(11-14)20-17(21)9-10-25(20,23)24/h3-8,11H,9-10H2,1-2H3,(H,19,22). The minimum atomic E-state index is -3.65. The molecule has 1 saturated heterocycles. The van der Waals surface area contributed by atoms with Crippen molar-refractivity contribution in [3.05, 3.63) is 59.2 Å². The molecule has 1 aliphatic rings. The number of carbonyl (C=O) groups excluding carboxylic acids is 2. The molecule has 3 rings (SSSR count). The molecule has 0 spiro atoms. The first kappa shape index (κ1) is 17.2. The van der Waals surface area contributed by atoms with Crippen LogP contribution in [0.1, 0.15) is 27.9 Å². The van der Waals surface area contributed by atoms with E-state index in [9.17, 15) is 18.0 Å². The summed E-state index contributed by atoms with van der Waals surface area (Å²) in [5.41, 5.74) is 3.19. The Morgan fingerprint density at radius 1 is 1.12 bits per heavy atom. The zero-order chi connectivity index (χ0) is 18.2. The van der Waals surface area contributed by atoms with Crippen LogP contribution in [0.2, 0.25) is 0 Å². The van der Waals surface area contributed by atoms with E-state index in [4.69, 9.17) is 0 Å². The number of nitrogens with zero attached hydrogens (tertiary/aromatic N) is 1. The Balaban J connectivity index is 1.90. The van der Waals surface area contributed by atoms with Crippen LogP contribution >= 0.6 is 0 Å². The van der Waals surface area contributed by atoms with Gasteiger partial charge in [0, 0.05) is 17.7 Å². The van der Waals surface area contributed by atoms with Crippen LogP contribution in [0.15, 0.2) is 42.5 Å². The van der Waals surface area contributed by atoms with Gasteiger partial charge in [-0.2, -0.15) is 0 Å². The van der Waals surface area contributed by atoms with Gasteiger partial charge in [-0.25, -0.2) is 12.7 Å². The number of benzene rings is 2. The molecule has 0 aromatic heterocycles. The van der Waals surface area contributed by atoms with Crippen molar-refractivity contribution < 1.29 is 18.0 Å².